The van der Waals surface area contributed by atoms with Crippen LogP contribution < -0.4 is 10.6 Å². The molecule has 0 unspecified atom stereocenters. The Balaban J connectivity index is 1.14. The number of anilines is 2. The quantitative estimate of drug-likeness (QED) is 0.271. The molecule has 2 amide bonds. The van der Waals surface area contributed by atoms with E-state index in [1.807, 2.05) is 84.9 Å². The van der Waals surface area contributed by atoms with Crippen LogP contribution in [0, 0.1) is 0 Å². The van der Waals surface area contributed by atoms with E-state index in [4.69, 9.17) is 0 Å². The van der Waals surface area contributed by atoms with Gasteiger partial charge in [-0.05, 0) is 57.9 Å². The molecule has 0 saturated carbocycles. The van der Waals surface area contributed by atoms with Crippen molar-refractivity contribution in [2.75, 3.05) is 10.6 Å². The number of nitrogens with one attached hydrogen (secondary N) is 2. The normalized spacial score (nSPS) is 10.8. The van der Waals surface area contributed by atoms with Crippen LogP contribution in [0.25, 0.3) is 32.9 Å². The number of hydrogen-bond acceptors (Lipinski definition) is 4. The summed E-state index contributed by atoms with van der Waals surface area (Å²) in [7, 11) is 0. The lowest BCUT2D eigenvalue weighted by Crippen LogP contribution is -2.12. The summed E-state index contributed by atoms with van der Waals surface area (Å²) in [6, 6.07) is 34.1. The molecule has 6 aromatic rings. The minimum absolute atomic E-state index is 0.194. The Morgan fingerprint density at radius 2 is 0.895 bits per heavy atom. The molecule has 6 heteroatoms. The first kappa shape index (κ1) is 23.1. The molecular formula is C32H22N4O2. The zero-order chi connectivity index (χ0) is 25.9. The number of amides is 2. The number of carbonyl (C=O) groups is 2. The van der Waals surface area contributed by atoms with Gasteiger partial charge in [-0.3, -0.25) is 19.6 Å². The predicted octanol–water partition coefficient (Wildman–Crippen LogP) is 6.95. The van der Waals surface area contributed by atoms with Crippen LogP contribution in [-0.4, -0.2) is 21.8 Å². The number of pyridine rings is 2. The molecule has 0 bridgehead atoms. The van der Waals surface area contributed by atoms with Gasteiger partial charge in [0.05, 0.1) is 35.2 Å². The predicted molar refractivity (Wildman–Crippen MR) is 151 cm³/mol. The van der Waals surface area contributed by atoms with Crippen molar-refractivity contribution in [2.24, 2.45) is 0 Å². The molecule has 38 heavy (non-hydrogen) atoms. The van der Waals surface area contributed by atoms with Gasteiger partial charge >= 0.3 is 0 Å². The van der Waals surface area contributed by atoms with Crippen molar-refractivity contribution in [2.45, 2.75) is 0 Å². The first-order valence-electron chi connectivity index (χ1n) is 12.2. The maximum absolute atomic E-state index is 12.9. The molecule has 0 aliphatic heterocycles. The van der Waals surface area contributed by atoms with Gasteiger partial charge in [0, 0.05) is 11.1 Å². The van der Waals surface area contributed by atoms with Crippen LogP contribution in [-0.2, 0) is 0 Å². The average Bonchev–Trinajstić information content (AvgIpc) is 2.97. The lowest BCUT2D eigenvalue weighted by atomic mass is 10.0. The van der Waals surface area contributed by atoms with E-state index < -0.39 is 0 Å². The summed E-state index contributed by atoms with van der Waals surface area (Å²) >= 11 is 0. The second-order valence-electron chi connectivity index (χ2n) is 8.83. The van der Waals surface area contributed by atoms with E-state index in [9.17, 15) is 9.59 Å². The molecule has 2 heterocycles. The van der Waals surface area contributed by atoms with E-state index in [0.717, 1.165) is 21.5 Å². The monoisotopic (exact) mass is 494 g/mol. The van der Waals surface area contributed by atoms with Crippen LogP contribution in [0.2, 0.25) is 0 Å². The minimum Gasteiger partial charge on any atom is -0.321 e. The van der Waals surface area contributed by atoms with Crippen LogP contribution in [0.5, 0.6) is 0 Å². The van der Waals surface area contributed by atoms with E-state index in [2.05, 4.69) is 20.6 Å². The molecule has 4 aromatic carbocycles. The fourth-order valence-corrected chi connectivity index (χ4v) is 4.48. The molecule has 6 nitrogen and oxygen atoms in total. The molecule has 0 spiro atoms. The smallest absolute Gasteiger partial charge is 0.256 e. The van der Waals surface area contributed by atoms with Gasteiger partial charge in [0.25, 0.3) is 11.8 Å². The van der Waals surface area contributed by atoms with Crippen LogP contribution in [0.4, 0.5) is 11.4 Å². The summed E-state index contributed by atoms with van der Waals surface area (Å²) in [4.78, 5) is 34.7. The number of benzene rings is 4. The lowest BCUT2D eigenvalue weighted by Gasteiger charge is -2.09. The van der Waals surface area contributed by atoms with Crippen molar-refractivity contribution in [1.29, 1.82) is 0 Å². The molecular weight excluding hydrogens is 472 g/mol. The number of fused-ring (bicyclic) bond motifs is 2. The van der Waals surface area contributed by atoms with Crippen molar-refractivity contribution in [1.82, 2.24) is 9.97 Å². The van der Waals surface area contributed by atoms with Gasteiger partial charge in [0.15, 0.2) is 0 Å². The van der Waals surface area contributed by atoms with Gasteiger partial charge in [0.2, 0.25) is 0 Å². The van der Waals surface area contributed by atoms with Crippen LogP contribution in [0.3, 0.4) is 0 Å². The third kappa shape index (κ3) is 4.58. The molecule has 0 saturated heterocycles. The first-order chi connectivity index (χ1) is 18.7. The highest BCUT2D eigenvalue weighted by Gasteiger charge is 2.12. The highest BCUT2D eigenvalue weighted by Crippen LogP contribution is 2.23. The first-order valence-corrected chi connectivity index (χ1v) is 12.2. The third-order valence-electron chi connectivity index (χ3n) is 6.37. The molecule has 2 aromatic heterocycles. The van der Waals surface area contributed by atoms with E-state index in [1.54, 1.807) is 36.7 Å². The minimum atomic E-state index is -0.194. The van der Waals surface area contributed by atoms with Crippen LogP contribution >= 0.6 is 0 Å². The van der Waals surface area contributed by atoms with Gasteiger partial charge in [0.1, 0.15) is 0 Å². The molecule has 0 atom stereocenters. The lowest BCUT2D eigenvalue weighted by molar-refractivity contribution is 0.102. The van der Waals surface area contributed by atoms with Crippen molar-refractivity contribution in [3.05, 3.63) is 133 Å². The SMILES string of the molecule is O=C(Nc1ccc(-c2ccc(NC(=O)c3cccc4ccccc34)cn2)nc1)c1cccc2ccccc12. The third-order valence-corrected chi connectivity index (χ3v) is 6.37. The molecule has 182 valence electrons. The molecule has 2 N–H and O–H groups in total. The van der Waals surface area contributed by atoms with E-state index in [0.29, 0.717) is 33.9 Å². The molecule has 0 fully saturated rings. The van der Waals surface area contributed by atoms with E-state index in [1.165, 1.54) is 0 Å². The van der Waals surface area contributed by atoms with Gasteiger partial charge < -0.3 is 10.6 Å². The second kappa shape index (κ2) is 9.95. The number of carbonyl (C=O) groups excluding carboxylic acids is 2. The van der Waals surface area contributed by atoms with Gasteiger partial charge in [-0.15, -0.1) is 0 Å². The highest BCUT2D eigenvalue weighted by molar-refractivity contribution is 6.13. The summed E-state index contributed by atoms with van der Waals surface area (Å²) in [5.41, 5.74) is 3.70. The molecule has 0 aliphatic rings. The van der Waals surface area contributed by atoms with Crippen molar-refractivity contribution >= 4 is 44.7 Å². The highest BCUT2D eigenvalue weighted by atomic mass is 16.2. The molecule has 0 aliphatic carbocycles. The maximum atomic E-state index is 12.9. The summed E-state index contributed by atoms with van der Waals surface area (Å²) < 4.78 is 0. The molecule has 6 rings (SSSR count). The standard InChI is InChI=1S/C32H22N4O2/c37-31(27-13-5-9-21-7-1-3-11-25(21)27)35-23-15-17-29(33-19-23)30-18-16-24(20-34-30)36-32(38)28-14-6-10-22-8-2-4-12-26(22)28/h1-20H,(H,35,37)(H,36,38). The Kier molecular flexibility index (Phi) is 6.04. The summed E-state index contributed by atoms with van der Waals surface area (Å²) in [5.74, 6) is -0.387. The van der Waals surface area contributed by atoms with Crippen molar-refractivity contribution < 1.29 is 9.59 Å². The zero-order valence-electron chi connectivity index (χ0n) is 20.3. The fraction of sp³-hybridized carbons (Fsp3) is 0. The Morgan fingerprint density at radius 1 is 0.474 bits per heavy atom. The largest absolute Gasteiger partial charge is 0.321 e. The second-order valence-corrected chi connectivity index (χ2v) is 8.83. The zero-order valence-corrected chi connectivity index (χ0v) is 20.3. The van der Waals surface area contributed by atoms with E-state index >= 15 is 0 Å². The molecule has 0 radical (unpaired) electrons. The maximum Gasteiger partial charge on any atom is 0.256 e. The summed E-state index contributed by atoms with van der Waals surface area (Å²) in [5, 5.41) is 9.65. The number of aromatic nitrogens is 2. The van der Waals surface area contributed by atoms with Gasteiger partial charge in [-0.1, -0.05) is 72.8 Å². The summed E-state index contributed by atoms with van der Waals surface area (Å²) in [6.45, 7) is 0. The summed E-state index contributed by atoms with van der Waals surface area (Å²) in [6.07, 6.45) is 3.21. The van der Waals surface area contributed by atoms with Gasteiger partial charge in [-0.25, -0.2) is 0 Å². The number of hydrogen-bond donors (Lipinski definition) is 2. The van der Waals surface area contributed by atoms with Crippen LogP contribution in [0.15, 0.2) is 122 Å². The Morgan fingerprint density at radius 3 is 1.32 bits per heavy atom. The van der Waals surface area contributed by atoms with Crippen molar-refractivity contribution in [3.63, 3.8) is 0 Å². The topological polar surface area (TPSA) is 84.0 Å². The fourth-order valence-electron chi connectivity index (χ4n) is 4.48. The van der Waals surface area contributed by atoms with Gasteiger partial charge in [-0.2, -0.15) is 0 Å². The number of rotatable bonds is 5. The average molecular weight is 495 g/mol. The van der Waals surface area contributed by atoms with Crippen LogP contribution in [0.1, 0.15) is 20.7 Å². The van der Waals surface area contributed by atoms with Crippen molar-refractivity contribution in [3.8, 4) is 11.4 Å². The van der Waals surface area contributed by atoms with E-state index in [-0.39, 0.29) is 11.8 Å². The number of nitrogens with zero attached hydrogens (tertiary/aromatic N) is 2. The Hall–Kier alpha value is -5.36. The Labute approximate surface area is 219 Å². The Bertz CT molecular complexity index is 1650.